The molecule has 0 aliphatic heterocycles. The van der Waals surface area contributed by atoms with Crippen LogP contribution >= 0.6 is 23.1 Å². The molecule has 0 unspecified atom stereocenters. The van der Waals surface area contributed by atoms with E-state index in [1.807, 2.05) is 41.8 Å². The van der Waals surface area contributed by atoms with Crippen LogP contribution in [0.15, 0.2) is 51.7 Å². The molecule has 2 aromatic heterocycles. The molecule has 0 saturated carbocycles. The lowest BCUT2D eigenvalue weighted by atomic mass is 10.3. The van der Waals surface area contributed by atoms with Crippen molar-refractivity contribution in [2.75, 3.05) is 11.1 Å². The Morgan fingerprint density at radius 3 is 2.86 bits per heavy atom. The summed E-state index contributed by atoms with van der Waals surface area (Å²) in [6, 6.07) is 11.1. The molecule has 0 bridgehead atoms. The normalized spacial score (nSPS) is 10.8. The SMILES string of the molecule is Cn1c(SCC(=O)Nc2ccccc2)nc2ccsc2c1=O. The second-order valence-electron chi connectivity index (χ2n) is 4.60. The Kier molecular flexibility index (Phi) is 4.26. The third-order valence-electron chi connectivity index (χ3n) is 3.04. The summed E-state index contributed by atoms with van der Waals surface area (Å²) < 4.78 is 2.12. The van der Waals surface area contributed by atoms with Crippen LogP contribution in [0.2, 0.25) is 0 Å². The topological polar surface area (TPSA) is 64.0 Å². The van der Waals surface area contributed by atoms with Crippen LogP contribution in [0.25, 0.3) is 10.2 Å². The van der Waals surface area contributed by atoms with Gasteiger partial charge in [-0.2, -0.15) is 0 Å². The molecule has 0 atom stereocenters. The zero-order valence-corrected chi connectivity index (χ0v) is 13.4. The molecule has 0 spiro atoms. The minimum absolute atomic E-state index is 0.0778. The predicted molar refractivity (Wildman–Crippen MR) is 90.7 cm³/mol. The molecule has 3 aromatic rings. The Balaban J connectivity index is 1.72. The molecule has 112 valence electrons. The summed E-state index contributed by atoms with van der Waals surface area (Å²) in [6.45, 7) is 0. The van der Waals surface area contributed by atoms with Crippen molar-refractivity contribution in [2.24, 2.45) is 7.05 Å². The fourth-order valence-electron chi connectivity index (χ4n) is 1.95. The molecule has 0 aliphatic rings. The minimum Gasteiger partial charge on any atom is -0.325 e. The van der Waals surface area contributed by atoms with Crippen molar-refractivity contribution in [2.45, 2.75) is 5.16 Å². The second-order valence-corrected chi connectivity index (χ2v) is 6.46. The van der Waals surface area contributed by atoms with Crippen molar-refractivity contribution in [3.8, 4) is 0 Å². The number of fused-ring (bicyclic) bond motifs is 1. The summed E-state index contributed by atoms with van der Waals surface area (Å²) in [5, 5.41) is 5.19. The van der Waals surface area contributed by atoms with Crippen molar-refractivity contribution in [3.63, 3.8) is 0 Å². The number of nitrogens with zero attached hydrogens (tertiary/aromatic N) is 2. The lowest BCUT2D eigenvalue weighted by Gasteiger charge is -2.07. The molecular weight excluding hydrogens is 318 g/mol. The summed E-state index contributed by atoms with van der Waals surface area (Å²) in [5.41, 5.74) is 1.35. The number of amides is 1. The van der Waals surface area contributed by atoms with Crippen molar-refractivity contribution >= 4 is 44.9 Å². The number of anilines is 1. The van der Waals surface area contributed by atoms with Crippen molar-refractivity contribution in [3.05, 3.63) is 52.1 Å². The van der Waals surface area contributed by atoms with Crippen LogP contribution in [0.5, 0.6) is 0 Å². The summed E-state index contributed by atoms with van der Waals surface area (Å²) in [6.07, 6.45) is 0. The molecular formula is C15H13N3O2S2. The fourth-order valence-corrected chi connectivity index (χ4v) is 3.52. The highest BCUT2D eigenvalue weighted by molar-refractivity contribution is 7.99. The Morgan fingerprint density at radius 2 is 2.09 bits per heavy atom. The van der Waals surface area contributed by atoms with Gasteiger partial charge in [0.05, 0.1) is 11.3 Å². The molecule has 1 N–H and O–H groups in total. The summed E-state index contributed by atoms with van der Waals surface area (Å²) in [7, 11) is 1.67. The molecule has 0 aliphatic carbocycles. The average Bonchev–Trinajstić information content (AvgIpc) is 2.99. The van der Waals surface area contributed by atoms with Crippen LogP contribution in [0.3, 0.4) is 0 Å². The number of hydrogen-bond acceptors (Lipinski definition) is 5. The molecule has 1 amide bonds. The van der Waals surface area contributed by atoms with Gasteiger partial charge in [0.25, 0.3) is 5.56 Å². The predicted octanol–water partition coefficient (Wildman–Crippen LogP) is 2.73. The number of rotatable bonds is 4. The Labute approximate surface area is 135 Å². The van der Waals surface area contributed by atoms with Gasteiger partial charge in [0.2, 0.25) is 5.91 Å². The van der Waals surface area contributed by atoms with Crippen molar-refractivity contribution < 1.29 is 4.79 Å². The highest BCUT2D eigenvalue weighted by atomic mass is 32.2. The molecule has 1 aromatic carbocycles. The van der Waals surface area contributed by atoms with Crippen LogP contribution in [0, 0.1) is 0 Å². The summed E-state index contributed by atoms with van der Waals surface area (Å²) >= 11 is 2.63. The molecule has 2 heterocycles. The van der Waals surface area contributed by atoms with E-state index in [9.17, 15) is 9.59 Å². The second kappa shape index (κ2) is 6.33. The maximum atomic E-state index is 12.2. The molecule has 22 heavy (non-hydrogen) atoms. The van der Waals surface area contributed by atoms with E-state index < -0.39 is 0 Å². The number of carbonyl (C=O) groups is 1. The Bertz CT molecular complexity index is 871. The van der Waals surface area contributed by atoms with E-state index in [2.05, 4.69) is 10.3 Å². The first-order chi connectivity index (χ1) is 10.6. The number of thioether (sulfide) groups is 1. The lowest BCUT2D eigenvalue weighted by Crippen LogP contribution is -2.20. The first-order valence-corrected chi connectivity index (χ1v) is 8.43. The van der Waals surface area contributed by atoms with Crippen LogP contribution in [0.1, 0.15) is 0 Å². The standard InChI is InChI=1S/C15H13N3O2S2/c1-18-14(20)13-11(7-8-21-13)17-15(18)22-9-12(19)16-10-5-3-2-4-6-10/h2-8H,9H2,1H3,(H,16,19). The number of benzene rings is 1. The third kappa shape index (κ3) is 3.05. The zero-order valence-electron chi connectivity index (χ0n) is 11.8. The van der Waals surface area contributed by atoms with E-state index in [0.717, 1.165) is 5.69 Å². The van der Waals surface area contributed by atoms with Crippen LogP contribution < -0.4 is 10.9 Å². The Hall–Kier alpha value is -2.12. The fraction of sp³-hybridized carbons (Fsp3) is 0.133. The molecule has 0 radical (unpaired) electrons. The van der Waals surface area contributed by atoms with E-state index in [1.54, 1.807) is 7.05 Å². The van der Waals surface area contributed by atoms with Crippen LogP contribution in [-0.2, 0) is 11.8 Å². The Morgan fingerprint density at radius 1 is 1.32 bits per heavy atom. The van der Waals surface area contributed by atoms with Gasteiger partial charge in [-0.25, -0.2) is 4.98 Å². The minimum atomic E-state index is -0.129. The van der Waals surface area contributed by atoms with Gasteiger partial charge in [0.15, 0.2) is 5.16 Å². The lowest BCUT2D eigenvalue weighted by molar-refractivity contribution is -0.113. The monoisotopic (exact) mass is 331 g/mol. The summed E-state index contributed by atoms with van der Waals surface area (Å²) in [5.74, 6) is 0.0704. The highest BCUT2D eigenvalue weighted by Crippen LogP contribution is 2.20. The van der Waals surface area contributed by atoms with Gasteiger partial charge >= 0.3 is 0 Å². The third-order valence-corrected chi connectivity index (χ3v) is 4.96. The molecule has 7 heteroatoms. The summed E-state index contributed by atoms with van der Waals surface area (Å²) in [4.78, 5) is 28.5. The number of hydrogen-bond donors (Lipinski definition) is 1. The van der Waals surface area contributed by atoms with Crippen molar-refractivity contribution in [1.82, 2.24) is 9.55 Å². The van der Waals surface area contributed by atoms with E-state index in [-0.39, 0.29) is 17.2 Å². The van der Waals surface area contributed by atoms with Gasteiger partial charge in [-0.3, -0.25) is 14.2 Å². The van der Waals surface area contributed by atoms with E-state index >= 15 is 0 Å². The van der Waals surface area contributed by atoms with Gasteiger partial charge in [-0.1, -0.05) is 30.0 Å². The smallest absolute Gasteiger partial charge is 0.271 e. The number of para-hydroxylation sites is 1. The number of thiophene rings is 1. The number of aromatic nitrogens is 2. The average molecular weight is 331 g/mol. The van der Waals surface area contributed by atoms with Gasteiger partial charge in [0, 0.05) is 12.7 Å². The molecule has 3 rings (SSSR count). The van der Waals surface area contributed by atoms with Crippen LogP contribution in [0.4, 0.5) is 5.69 Å². The first-order valence-electron chi connectivity index (χ1n) is 6.57. The van der Waals surface area contributed by atoms with E-state index in [0.29, 0.717) is 15.4 Å². The van der Waals surface area contributed by atoms with E-state index in [1.165, 1.54) is 27.7 Å². The largest absolute Gasteiger partial charge is 0.325 e. The zero-order chi connectivity index (χ0) is 15.5. The maximum absolute atomic E-state index is 12.2. The first kappa shape index (κ1) is 14.8. The molecule has 0 fully saturated rings. The van der Waals surface area contributed by atoms with Crippen LogP contribution in [-0.4, -0.2) is 21.2 Å². The van der Waals surface area contributed by atoms with Gasteiger partial charge < -0.3 is 5.32 Å². The number of carbonyl (C=O) groups excluding carboxylic acids is 1. The van der Waals surface area contributed by atoms with Gasteiger partial charge in [-0.05, 0) is 23.6 Å². The molecule has 5 nitrogen and oxygen atoms in total. The molecule has 0 saturated heterocycles. The van der Waals surface area contributed by atoms with E-state index in [4.69, 9.17) is 0 Å². The van der Waals surface area contributed by atoms with Crippen molar-refractivity contribution in [1.29, 1.82) is 0 Å². The number of nitrogens with one attached hydrogen (secondary N) is 1. The van der Waals surface area contributed by atoms with Gasteiger partial charge in [-0.15, -0.1) is 11.3 Å². The quantitative estimate of drug-likeness (QED) is 0.590. The maximum Gasteiger partial charge on any atom is 0.271 e. The highest BCUT2D eigenvalue weighted by Gasteiger charge is 2.11. The van der Waals surface area contributed by atoms with Gasteiger partial charge in [0.1, 0.15) is 4.70 Å².